The minimum Gasteiger partial charge on any atom is -0.325 e. The first-order chi connectivity index (χ1) is 12.8. The first kappa shape index (κ1) is 19.7. The molecular weight excluding hydrogens is 419 g/mol. The molecule has 2 heterocycles. The van der Waals surface area contributed by atoms with Crippen LogP contribution in [0.15, 0.2) is 53.0 Å². The zero-order chi connectivity index (χ0) is 19.4. The summed E-state index contributed by atoms with van der Waals surface area (Å²) in [5, 5.41) is 4.80. The van der Waals surface area contributed by atoms with Crippen molar-refractivity contribution in [1.29, 1.82) is 0 Å². The predicted molar refractivity (Wildman–Crippen MR) is 101 cm³/mol. The van der Waals surface area contributed by atoms with E-state index in [9.17, 15) is 18.0 Å². The lowest BCUT2D eigenvalue weighted by Gasteiger charge is -2.10. The molecule has 0 aliphatic carbocycles. The highest BCUT2D eigenvalue weighted by atomic mass is 35.5. The SMILES string of the molecule is O=C(CSc1nc(-c2cccs2)cc(C(F)(F)F)n1)Nc1ccc(Cl)cc1. The Morgan fingerprint density at radius 2 is 1.93 bits per heavy atom. The second-order valence-electron chi connectivity index (χ2n) is 5.24. The molecule has 3 rings (SSSR count). The van der Waals surface area contributed by atoms with Crippen molar-refractivity contribution in [1.82, 2.24) is 9.97 Å². The Morgan fingerprint density at radius 3 is 2.56 bits per heavy atom. The van der Waals surface area contributed by atoms with Crippen molar-refractivity contribution in [2.45, 2.75) is 11.3 Å². The first-order valence-electron chi connectivity index (χ1n) is 7.49. The van der Waals surface area contributed by atoms with Crippen molar-refractivity contribution >= 4 is 46.3 Å². The molecule has 0 saturated heterocycles. The summed E-state index contributed by atoms with van der Waals surface area (Å²) in [6.07, 6.45) is -4.60. The van der Waals surface area contributed by atoms with Crippen LogP contribution >= 0.6 is 34.7 Å². The van der Waals surface area contributed by atoms with E-state index < -0.39 is 11.9 Å². The minimum absolute atomic E-state index is 0.112. The zero-order valence-electron chi connectivity index (χ0n) is 13.5. The van der Waals surface area contributed by atoms with Crippen LogP contribution in [-0.2, 0) is 11.0 Å². The average molecular weight is 430 g/mol. The Kier molecular flexibility index (Phi) is 6.03. The van der Waals surface area contributed by atoms with Gasteiger partial charge in [0.1, 0.15) is 5.69 Å². The van der Waals surface area contributed by atoms with Gasteiger partial charge in [0.15, 0.2) is 5.16 Å². The molecule has 0 atom stereocenters. The molecule has 0 bridgehead atoms. The molecule has 0 spiro atoms. The molecule has 1 aromatic carbocycles. The third-order valence-electron chi connectivity index (χ3n) is 3.23. The van der Waals surface area contributed by atoms with Crippen LogP contribution in [0.1, 0.15) is 5.69 Å². The van der Waals surface area contributed by atoms with Crippen LogP contribution in [0, 0.1) is 0 Å². The van der Waals surface area contributed by atoms with E-state index in [0.29, 0.717) is 15.6 Å². The number of rotatable bonds is 5. The van der Waals surface area contributed by atoms with Crippen LogP contribution < -0.4 is 5.32 Å². The van der Waals surface area contributed by atoms with E-state index in [1.165, 1.54) is 11.3 Å². The maximum atomic E-state index is 13.1. The van der Waals surface area contributed by atoms with Crippen LogP contribution in [0.4, 0.5) is 18.9 Å². The lowest BCUT2D eigenvalue weighted by Crippen LogP contribution is -2.15. The number of aromatic nitrogens is 2. The standard InChI is InChI=1S/C17H11ClF3N3OS2/c18-10-3-5-11(6-4-10)22-15(25)9-27-16-23-12(13-2-1-7-26-13)8-14(24-16)17(19,20)21/h1-8H,9H2,(H,22,25). The van der Waals surface area contributed by atoms with Crippen molar-refractivity contribution in [3.8, 4) is 10.6 Å². The molecule has 10 heteroatoms. The quantitative estimate of drug-likeness (QED) is 0.423. The summed E-state index contributed by atoms with van der Waals surface area (Å²) >= 11 is 7.89. The van der Waals surface area contributed by atoms with Crippen LogP contribution in [-0.4, -0.2) is 21.6 Å². The van der Waals surface area contributed by atoms with Gasteiger partial charge in [-0.1, -0.05) is 29.4 Å². The third-order valence-corrected chi connectivity index (χ3v) is 5.22. The van der Waals surface area contributed by atoms with Gasteiger partial charge < -0.3 is 5.32 Å². The largest absolute Gasteiger partial charge is 0.433 e. The smallest absolute Gasteiger partial charge is 0.325 e. The zero-order valence-corrected chi connectivity index (χ0v) is 15.8. The summed E-state index contributed by atoms with van der Waals surface area (Å²) in [4.78, 5) is 20.3. The Hall–Kier alpha value is -2.10. The highest BCUT2D eigenvalue weighted by Crippen LogP contribution is 2.33. The van der Waals surface area contributed by atoms with E-state index in [0.717, 1.165) is 17.8 Å². The van der Waals surface area contributed by atoms with Crippen LogP contribution in [0.3, 0.4) is 0 Å². The molecule has 0 aliphatic rings. The summed E-state index contributed by atoms with van der Waals surface area (Å²) in [6, 6.07) is 10.8. The number of thioether (sulfide) groups is 1. The lowest BCUT2D eigenvalue weighted by atomic mass is 10.3. The molecule has 4 nitrogen and oxygen atoms in total. The van der Waals surface area contributed by atoms with Crippen molar-refractivity contribution in [2.75, 3.05) is 11.1 Å². The van der Waals surface area contributed by atoms with Gasteiger partial charge in [-0.25, -0.2) is 9.97 Å². The fourth-order valence-corrected chi connectivity index (χ4v) is 3.52. The van der Waals surface area contributed by atoms with Gasteiger partial charge in [-0.3, -0.25) is 4.79 Å². The summed E-state index contributed by atoms with van der Waals surface area (Å²) in [6.45, 7) is 0. The number of nitrogens with one attached hydrogen (secondary N) is 1. The van der Waals surface area contributed by atoms with Crippen molar-refractivity contribution in [2.24, 2.45) is 0 Å². The van der Waals surface area contributed by atoms with E-state index >= 15 is 0 Å². The number of benzene rings is 1. The maximum Gasteiger partial charge on any atom is 0.433 e. The van der Waals surface area contributed by atoms with Gasteiger partial charge in [0, 0.05) is 10.7 Å². The molecule has 0 aliphatic heterocycles. The number of anilines is 1. The second kappa shape index (κ2) is 8.28. The highest BCUT2D eigenvalue weighted by Gasteiger charge is 2.34. The van der Waals surface area contributed by atoms with Gasteiger partial charge in [-0.2, -0.15) is 13.2 Å². The van der Waals surface area contributed by atoms with E-state index in [4.69, 9.17) is 11.6 Å². The van der Waals surface area contributed by atoms with Crippen molar-refractivity contribution in [3.05, 3.63) is 58.6 Å². The molecular formula is C17H11ClF3N3OS2. The van der Waals surface area contributed by atoms with E-state index in [1.807, 2.05) is 0 Å². The molecule has 1 N–H and O–H groups in total. The fraction of sp³-hybridized carbons (Fsp3) is 0.118. The van der Waals surface area contributed by atoms with E-state index in [-0.39, 0.29) is 22.5 Å². The number of amides is 1. The van der Waals surface area contributed by atoms with Gasteiger partial charge in [0.25, 0.3) is 0 Å². The van der Waals surface area contributed by atoms with Gasteiger partial charge in [-0.15, -0.1) is 11.3 Å². The number of alkyl halides is 3. The Morgan fingerprint density at radius 1 is 1.19 bits per heavy atom. The van der Waals surface area contributed by atoms with Crippen LogP contribution in [0.2, 0.25) is 5.02 Å². The number of hydrogen-bond donors (Lipinski definition) is 1. The third kappa shape index (κ3) is 5.44. The molecule has 0 saturated carbocycles. The summed E-state index contributed by atoms with van der Waals surface area (Å²) < 4.78 is 39.4. The van der Waals surface area contributed by atoms with Gasteiger partial charge in [0.2, 0.25) is 5.91 Å². The number of halogens is 4. The number of thiophene rings is 1. The average Bonchev–Trinajstić information content (AvgIpc) is 3.16. The maximum absolute atomic E-state index is 13.1. The lowest BCUT2D eigenvalue weighted by molar-refractivity contribution is -0.141. The molecule has 0 radical (unpaired) electrons. The second-order valence-corrected chi connectivity index (χ2v) is 7.57. The van der Waals surface area contributed by atoms with Gasteiger partial charge >= 0.3 is 6.18 Å². The molecule has 27 heavy (non-hydrogen) atoms. The van der Waals surface area contributed by atoms with Crippen LogP contribution in [0.25, 0.3) is 10.6 Å². The van der Waals surface area contributed by atoms with Gasteiger partial charge in [0.05, 0.1) is 16.3 Å². The molecule has 2 aromatic heterocycles. The monoisotopic (exact) mass is 429 g/mol. The molecule has 0 fully saturated rings. The Labute approximate surface area is 165 Å². The van der Waals surface area contributed by atoms with Crippen LogP contribution in [0.5, 0.6) is 0 Å². The Balaban J connectivity index is 1.74. The highest BCUT2D eigenvalue weighted by molar-refractivity contribution is 7.99. The van der Waals surface area contributed by atoms with E-state index in [1.54, 1.807) is 41.8 Å². The summed E-state index contributed by atoms with van der Waals surface area (Å²) in [7, 11) is 0. The number of nitrogens with zero attached hydrogens (tertiary/aromatic N) is 2. The normalized spacial score (nSPS) is 11.4. The fourth-order valence-electron chi connectivity index (χ4n) is 2.05. The predicted octanol–water partition coefficient (Wildman–Crippen LogP) is 5.61. The topological polar surface area (TPSA) is 54.9 Å². The molecule has 3 aromatic rings. The summed E-state index contributed by atoms with van der Waals surface area (Å²) in [5.74, 6) is -0.519. The summed E-state index contributed by atoms with van der Waals surface area (Å²) in [5.41, 5.74) is -0.330. The van der Waals surface area contributed by atoms with Crippen molar-refractivity contribution in [3.63, 3.8) is 0 Å². The number of carbonyl (C=O) groups excluding carboxylic acids is 1. The molecule has 0 unspecified atom stereocenters. The van der Waals surface area contributed by atoms with Crippen molar-refractivity contribution < 1.29 is 18.0 Å². The Bertz CT molecular complexity index is 932. The first-order valence-corrected chi connectivity index (χ1v) is 9.74. The number of carbonyl (C=O) groups is 1. The van der Waals surface area contributed by atoms with E-state index in [2.05, 4.69) is 15.3 Å². The number of hydrogen-bond acceptors (Lipinski definition) is 5. The molecule has 1 amide bonds. The minimum atomic E-state index is -4.60. The molecule has 140 valence electrons. The van der Waals surface area contributed by atoms with Gasteiger partial charge in [-0.05, 0) is 41.8 Å².